The number of carbonyl (C=O) groups excluding carboxylic acids is 2. The lowest BCUT2D eigenvalue weighted by Gasteiger charge is -2.04. The summed E-state index contributed by atoms with van der Waals surface area (Å²) in [5.74, 6) is -2.47. The molecule has 0 heterocycles. The zero-order valence-corrected chi connectivity index (χ0v) is 17.2. The first-order valence-corrected chi connectivity index (χ1v) is 9.87. The lowest BCUT2D eigenvalue weighted by Crippen LogP contribution is -2.09. The quantitative estimate of drug-likeness (QED) is 0.280. The summed E-state index contributed by atoms with van der Waals surface area (Å²) in [7, 11) is -1.04. The van der Waals surface area contributed by atoms with Crippen molar-refractivity contribution in [3.8, 4) is 0 Å². The van der Waals surface area contributed by atoms with Gasteiger partial charge in [0.05, 0.1) is 4.47 Å². The van der Waals surface area contributed by atoms with E-state index in [-0.39, 0.29) is 27.3 Å². The Labute approximate surface area is 179 Å². The van der Waals surface area contributed by atoms with Gasteiger partial charge < -0.3 is 10.0 Å². The van der Waals surface area contributed by atoms with Gasteiger partial charge in [-0.15, -0.1) is 0 Å². The summed E-state index contributed by atoms with van der Waals surface area (Å²) < 4.78 is 50.8. The highest BCUT2D eigenvalue weighted by molar-refractivity contribution is 9.10. The molecule has 2 aromatic rings. The van der Waals surface area contributed by atoms with E-state index in [0.29, 0.717) is 24.2 Å². The minimum atomic E-state index is -1.04. The first-order chi connectivity index (χ1) is 14.2. The molecule has 2 aliphatic carbocycles. The number of hydrogen-bond donors (Lipinski definition) is 2. The monoisotopic (exact) mass is 488 g/mol. The molecule has 2 aromatic carbocycles. The maximum absolute atomic E-state index is 13.2. The lowest BCUT2D eigenvalue weighted by molar-refractivity contribution is 0.111. The molecular formula is C20H18BBrF4O4. The minimum Gasteiger partial charge on any atom is -0.427 e. The highest BCUT2D eigenvalue weighted by Crippen LogP contribution is 2.42. The molecule has 4 rings (SSSR count). The van der Waals surface area contributed by atoms with Crippen molar-refractivity contribution in [3.63, 3.8) is 0 Å². The van der Waals surface area contributed by atoms with Gasteiger partial charge in [0.25, 0.3) is 0 Å². The Morgan fingerprint density at radius 3 is 1.73 bits per heavy atom. The largest absolute Gasteiger partial charge is 0.454 e. The second-order valence-corrected chi connectivity index (χ2v) is 7.74. The number of hydrogen-bond acceptors (Lipinski definition) is 4. The van der Waals surface area contributed by atoms with Crippen molar-refractivity contribution in [1.29, 1.82) is 0 Å². The van der Waals surface area contributed by atoms with Crippen molar-refractivity contribution in [3.05, 3.63) is 68.7 Å². The molecule has 0 aromatic heterocycles. The van der Waals surface area contributed by atoms with Crippen molar-refractivity contribution >= 4 is 35.6 Å². The van der Waals surface area contributed by atoms with E-state index in [9.17, 15) is 27.2 Å². The molecule has 160 valence electrons. The fourth-order valence-electron chi connectivity index (χ4n) is 2.56. The standard InChI is InChI=1S/C10H8F2O.C7H3BrF2O.C3H7BO2/c11-8-3-7(5-13)10(6-1-2-6)9(12)4-8;8-7-4(3-11)1-5(9)2-6(7)10;5-4(6)3-1-2-3/h3-6H,1-2H2;1-3H;3,5-6H,1-2H2. The van der Waals surface area contributed by atoms with Gasteiger partial charge in [-0.1, -0.05) is 12.8 Å². The van der Waals surface area contributed by atoms with Crippen LogP contribution in [-0.4, -0.2) is 29.7 Å². The highest BCUT2D eigenvalue weighted by atomic mass is 79.9. The second kappa shape index (κ2) is 10.8. The van der Waals surface area contributed by atoms with Crippen molar-refractivity contribution in [2.45, 2.75) is 37.4 Å². The number of rotatable bonds is 4. The maximum atomic E-state index is 13.2. The Hall–Kier alpha value is -2.04. The van der Waals surface area contributed by atoms with Crippen molar-refractivity contribution in [1.82, 2.24) is 0 Å². The lowest BCUT2D eigenvalue weighted by atomic mass is 9.84. The average Bonchev–Trinajstić information content (AvgIpc) is 3.56. The van der Waals surface area contributed by atoms with Crippen LogP contribution in [0.1, 0.15) is 57.9 Å². The minimum absolute atomic E-state index is 0.00565. The summed E-state index contributed by atoms with van der Waals surface area (Å²) in [6, 6.07) is 3.58. The van der Waals surface area contributed by atoms with Crippen LogP contribution in [0.5, 0.6) is 0 Å². The van der Waals surface area contributed by atoms with Crippen LogP contribution in [-0.2, 0) is 0 Å². The molecule has 0 unspecified atom stereocenters. The van der Waals surface area contributed by atoms with Crippen LogP contribution in [0.4, 0.5) is 17.6 Å². The summed E-state index contributed by atoms with van der Waals surface area (Å²) in [4.78, 5) is 20.7. The maximum Gasteiger partial charge on any atom is 0.454 e. The molecule has 2 aliphatic rings. The predicted octanol–water partition coefficient (Wildman–Crippen LogP) is 4.82. The number of halogens is 5. The average molecular weight is 489 g/mol. The van der Waals surface area contributed by atoms with Crippen molar-refractivity contribution in [2.75, 3.05) is 0 Å². The van der Waals surface area contributed by atoms with Crippen molar-refractivity contribution in [2.24, 2.45) is 0 Å². The first kappa shape index (κ1) is 24.2. The number of benzene rings is 2. The number of carbonyl (C=O) groups is 2. The Morgan fingerprint density at radius 2 is 1.33 bits per heavy atom. The molecule has 0 atom stereocenters. The molecule has 0 bridgehead atoms. The second-order valence-electron chi connectivity index (χ2n) is 6.94. The van der Waals surface area contributed by atoms with Crippen LogP contribution in [0.2, 0.25) is 5.82 Å². The topological polar surface area (TPSA) is 74.6 Å². The molecule has 2 N–H and O–H groups in total. The molecular weight excluding hydrogens is 471 g/mol. The van der Waals surface area contributed by atoms with Crippen molar-refractivity contribution < 1.29 is 37.2 Å². The van der Waals surface area contributed by atoms with E-state index in [1.807, 2.05) is 0 Å². The van der Waals surface area contributed by atoms with E-state index in [2.05, 4.69) is 15.9 Å². The van der Waals surface area contributed by atoms with E-state index in [4.69, 9.17) is 10.0 Å². The summed E-state index contributed by atoms with van der Waals surface area (Å²) in [6.07, 6.45) is 4.68. The van der Waals surface area contributed by atoms with Gasteiger partial charge >= 0.3 is 7.12 Å². The Morgan fingerprint density at radius 1 is 0.833 bits per heavy atom. The van der Waals surface area contributed by atoms with Gasteiger partial charge in [-0.3, -0.25) is 9.59 Å². The van der Waals surface area contributed by atoms with E-state index in [1.165, 1.54) is 0 Å². The fraction of sp³-hybridized carbons (Fsp3) is 0.300. The summed E-state index contributed by atoms with van der Waals surface area (Å²) in [6.45, 7) is 0. The van der Waals surface area contributed by atoms with E-state index >= 15 is 0 Å². The Balaban J connectivity index is 0.000000171. The van der Waals surface area contributed by atoms with Crippen LogP contribution in [0, 0.1) is 23.3 Å². The Kier molecular flexibility index (Phi) is 8.75. The molecule has 0 amide bonds. The smallest absolute Gasteiger partial charge is 0.427 e. The van der Waals surface area contributed by atoms with Gasteiger partial charge in [0.2, 0.25) is 0 Å². The molecule has 0 radical (unpaired) electrons. The highest BCUT2D eigenvalue weighted by Gasteiger charge is 2.33. The van der Waals surface area contributed by atoms with Crippen LogP contribution in [0.15, 0.2) is 28.7 Å². The third kappa shape index (κ3) is 7.03. The summed E-state index contributed by atoms with van der Waals surface area (Å²) in [5.41, 5.74) is 0.513. The van der Waals surface area contributed by atoms with Gasteiger partial charge in [-0.2, -0.15) is 0 Å². The summed E-state index contributed by atoms with van der Waals surface area (Å²) >= 11 is 2.80. The molecule has 0 saturated heterocycles. The Bertz CT molecular complexity index is 918. The van der Waals surface area contributed by atoms with Gasteiger partial charge in [0, 0.05) is 28.8 Å². The first-order valence-electron chi connectivity index (χ1n) is 9.07. The van der Waals surface area contributed by atoms with Crippen LogP contribution in [0.3, 0.4) is 0 Å². The molecule has 0 aliphatic heterocycles. The van der Waals surface area contributed by atoms with Gasteiger partial charge in [-0.25, -0.2) is 17.6 Å². The zero-order chi connectivity index (χ0) is 22.4. The van der Waals surface area contributed by atoms with E-state index in [1.54, 1.807) is 0 Å². The van der Waals surface area contributed by atoms with Gasteiger partial charge in [0.15, 0.2) is 12.6 Å². The van der Waals surface area contributed by atoms with Crippen LogP contribution >= 0.6 is 15.9 Å². The third-order valence-electron chi connectivity index (χ3n) is 4.43. The molecule has 30 heavy (non-hydrogen) atoms. The predicted molar refractivity (Wildman–Crippen MR) is 106 cm³/mol. The van der Waals surface area contributed by atoms with E-state index < -0.39 is 30.4 Å². The normalized spacial score (nSPS) is 14.6. The van der Waals surface area contributed by atoms with Gasteiger partial charge in [0.1, 0.15) is 23.3 Å². The SMILES string of the molecule is O=Cc1cc(F)cc(F)c1Br.O=Cc1cc(F)cc(F)c1C1CC1.OB(O)C1CC1. The molecule has 0 spiro atoms. The third-order valence-corrected chi connectivity index (χ3v) is 5.27. The fourth-order valence-corrected chi connectivity index (χ4v) is 2.88. The van der Waals surface area contributed by atoms with Gasteiger partial charge in [-0.05, 0) is 52.6 Å². The molecule has 4 nitrogen and oxygen atoms in total. The molecule has 10 heteroatoms. The zero-order valence-electron chi connectivity index (χ0n) is 15.6. The number of aldehydes is 2. The molecule has 2 saturated carbocycles. The summed E-state index contributed by atoms with van der Waals surface area (Å²) in [5, 5.41) is 16.5. The van der Waals surface area contributed by atoms with Crippen LogP contribution in [0.25, 0.3) is 0 Å². The molecule has 2 fully saturated rings. The van der Waals surface area contributed by atoms with Crippen LogP contribution < -0.4 is 0 Å². The van der Waals surface area contributed by atoms with E-state index in [0.717, 1.165) is 43.9 Å².